The summed E-state index contributed by atoms with van der Waals surface area (Å²) in [6.07, 6.45) is 1.60. The molecule has 2 heterocycles. The summed E-state index contributed by atoms with van der Waals surface area (Å²) in [7, 11) is 2.98. The van der Waals surface area contributed by atoms with E-state index < -0.39 is 17.5 Å². The highest BCUT2D eigenvalue weighted by Crippen LogP contribution is 2.62. The highest BCUT2D eigenvalue weighted by molar-refractivity contribution is 6.05. The van der Waals surface area contributed by atoms with Gasteiger partial charge < -0.3 is 28.4 Å². The molecule has 0 N–H and O–H groups in total. The van der Waals surface area contributed by atoms with Gasteiger partial charge in [0.1, 0.15) is 18.1 Å². The Morgan fingerprint density at radius 1 is 1.03 bits per heavy atom. The first-order chi connectivity index (χ1) is 17.9. The third-order valence-corrected chi connectivity index (χ3v) is 8.06. The van der Waals surface area contributed by atoms with Gasteiger partial charge in [0, 0.05) is 17.0 Å². The van der Waals surface area contributed by atoms with Crippen molar-refractivity contribution in [3.05, 3.63) is 76.3 Å². The third kappa shape index (κ3) is 3.27. The average Bonchev–Trinajstić information content (AvgIpc) is 3.53. The Morgan fingerprint density at radius 3 is 2.54 bits per heavy atom. The quantitative estimate of drug-likeness (QED) is 0.557. The Balaban J connectivity index is 1.62. The molecule has 0 aromatic heterocycles. The summed E-state index contributed by atoms with van der Waals surface area (Å²) in [4.78, 5) is 26.4. The molecular formula is C29H28O8. The Hall–Kier alpha value is -3.94. The van der Waals surface area contributed by atoms with Crippen LogP contribution in [-0.4, -0.2) is 39.4 Å². The van der Waals surface area contributed by atoms with Crippen LogP contribution >= 0.6 is 0 Å². The fourth-order valence-corrected chi connectivity index (χ4v) is 6.05. The number of methoxy groups -OCH3 is 2. The second-order valence-electron chi connectivity index (χ2n) is 9.93. The third-order valence-electron chi connectivity index (χ3n) is 8.06. The predicted molar refractivity (Wildman–Crippen MR) is 131 cm³/mol. The van der Waals surface area contributed by atoms with Crippen molar-refractivity contribution >= 4 is 11.8 Å². The summed E-state index contributed by atoms with van der Waals surface area (Å²) in [5, 5.41) is 0. The van der Waals surface area contributed by atoms with Gasteiger partial charge in [0.05, 0.1) is 19.8 Å². The second kappa shape index (κ2) is 8.57. The van der Waals surface area contributed by atoms with Gasteiger partial charge >= 0.3 is 5.97 Å². The lowest BCUT2D eigenvalue weighted by Crippen LogP contribution is -2.42. The van der Waals surface area contributed by atoms with Crippen molar-refractivity contribution in [1.82, 2.24) is 0 Å². The summed E-state index contributed by atoms with van der Waals surface area (Å²) < 4.78 is 35.6. The zero-order valence-electron chi connectivity index (χ0n) is 21.2. The minimum absolute atomic E-state index is 0.0503. The zero-order chi connectivity index (χ0) is 25.9. The number of ether oxygens (including phenoxy) is 6. The number of benzene rings is 2. The topological polar surface area (TPSA) is 89.5 Å². The number of allylic oxidation sites excluding steroid dienone is 1. The van der Waals surface area contributed by atoms with Crippen LogP contribution < -0.4 is 14.2 Å². The molecular weight excluding hydrogens is 476 g/mol. The van der Waals surface area contributed by atoms with Gasteiger partial charge in [-0.3, -0.25) is 4.79 Å². The number of hydrogen-bond donors (Lipinski definition) is 0. The van der Waals surface area contributed by atoms with Crippen LogP contribution in [0, 0.1) is 11.8 Å². The van der Waals surface area contributed by atoms with E-state index in [9.17, 15) is 9.59 Å². The summed E-state index contributed by atoms with van der Waals surface area (Å²) in [5.41, 5.74) is 1.90. The van der Waals surface area contributed by atoms with E-state index >= 15 is 0 Å². The first-order valence-electron chi connectivity index (χ1n) is 12.3. The number of rotatable bonds is 4. The summed E-state index contributed by atoms with van der Waals surface area (Å²) >= 11 is 0. The molecule has 8 heteroatoms. The van der Waals surface area contributed by atoms with Crippen molar-refractivity contribution in [3.63, 3.8) is 0 Å². The molecule has 4 aliphatic rings. The van der Waals surface area contributed by atoms with Crippen LogP contribution in [-0.2, 0) is 24.4 Å². The molecule has 2 aromatic carbocycles. The fourth-order valence-electron chi connectivity index (χ4n) is 6.05. The van der Waals surface area contributed by atoms with Crippen LogP contribution in [0.3, 0.4) is 0 Å². The van der Waals surface area contributed by atoms with Crippen molar-refractivity contribution in [2.75, 3.05) is 27.6 Å². The van der Waals surface area contributed by atoms with Crippen molar-refractivity contribution in [3.8, 4) is 17.2 Å². The lowest BCUT2D eigenvalue weighted by Gasteiger charge is -2.42. The van der Waals surface area contributed by atoms with Gasteiger partial charge in [0.15, 0.2) is 17.3 Å². The predicted octanol–water partition coefficient (Wildman–Crippen LogP) is 4.63. The van der Waals surface area contributed by atoms with Gasteiger partial charge in [0.25, 0.3) is 0 Å². The number of fused-ring (bicyclic) bond motifs is 2. The number of carbonyl (C=O) groups excluding carboxylic acids is 2. The Labute approximate surface area is 214 Å². The standard InChI is InChI=1S/C29H28O8/c1-15-10-18-11-20(30)24(32-3)27(33-4)29(18)13-34-26-22(29)19(12-21-25(26)36-14-35-21)23(16(15)2)37-28(31)17-8-6-5-7-9-17/h5-9,11-12,15-16,23H,10,13-14H2,1-4H3/t15-,16-,23-,29+/m1/s1. The normalized spacial score (nSPS) is 27.3. The Morgan fingerprint density at radius 2 is 1.81 bits per heavy atom. The van der Waals surface area contributed by atoms with Gasteiger partial charge in [0.2, 0.25) is 24.1 Å². The largest absolute Gasteiger partial charge is 0.496 e. The van der Waals surface area contributed by atoms with E-state index in [1.807, 2.05) is 12.1 Å². The highest BCUT2D eigenvalue weighted by atomic mass is 16.7. The fraction of sp³-hybridized carbons (Fsp3) is 0.379. The summed E-state index contributed by atoms with van der Waals surface area (Å²) in [6.45, 7) is 4.40. The number of esters is 1. The van der Waals surface area contributed by atoms with Gasteiger partial charge in [-0.2, -0.15) is 0 Å². The monoisotopic (exact) mass is 504 g/mol. The van der Waals surface area contributed by atoms with Crippen LogP contribution in [0.15, 0.2) is 59.6 Å². The Kier molecular flexibility index (Phi) is 5.44. The van der Waals surface area contributed by atoms with E-state index in [1.165, 1.54) is 14.2 Å². The molecule has 0 unspecified atom stereocenters. The molecule has 2 aliphatic carbocycles. The molecule has 0 amide bonds. The summed E-state index contributed by atoms with van der Waals surface area (Å²) in [6, 6.07) is 10.8. The number of hydrogen-bond acceptors (Lipinski definition) is 8. The number of carbonyl (C=O) groups is 2. The molecule has 8 nitrogen and oxygen atoms in total. The average molecular weight is 505 g/mol. The van der Waals surface area contributed by atoms with E-state index in [0.717, 1.165) is 16.7 Å². The minimum Gasteiger partial charge on any atom is -0.496 e. The minimum atomic E-state index is -0.939. The van der Waals surface area contributed by atoms with Gasteiger partial charge in [-0.05, 0) is 42.2 Å². The van der Waals surface area contributed by atoms with Crippen LogP contribution in [0.25, 0.3) is 0 Å². The number of ketones is 1. The first-order valence-corrected chi connectivity index (χ1v) is 12.3. The SMILES string of the molecule is COC1=C(OC)[C@]23COc4c5c(cc(c42)[C@H](OC(=O)c2ccccc2)[C@H](C)[C@H](C)CC3=CC1=O)OCO5. The molecule has 0 saturated heterocycles. The first kappa shape index (κ1) is 23.5. The van der Waals surface area contributed by atoms with Crippen LogP contribution in [0.4, 0.5) is 0 Å². The van der Waals surface area contributed by atoms with E-state index in [4.69, 9.17) is 28.4 Å². The van der Waals surface area contributed by atoms with Crippen molar-refractivity contribution in [1.29, 1.82) is 0 Å². The Bertz CT molecular complexity index is 1360. The van der Waals surface area contributed by atoms with E-state index in [1.54, 1.807) is 30.3 Å². The van der Waals surface area contributed by atoms with Crippen LogP contribution in [0.1, 0.15) is 47.9 Å². The van der Waals surface area contributed by atoms with Crippen LogP contribution in [0.5, 0.6) is 17.2 Å². The van der Waals surface area contributed by atoms with Gasteiger partial charge in [-0.1, -0.05) is 32.0 Å². The summed E-state index contributed by atoms with van der Waals surface area (Å²) in [5.74, 6) is 1.34. The zero-order valence-corrected chi connectivity index (χ0v) is 21.2. The molecule has 0 fully saturated rings. The molecule has 192 valence electrons. The highest BCUT2D eigenvalue weighted by Gasteiger charge is 2.58. The molecule has 1 spiro atoms. The van der Waals surface area contributed by atoms with Crippen LogP contribution in [0.2, 0.25) is 0 Å². The van der Waals surface area contributed by atoms with Gasteiger partial charge in [-0.15, -0.1) is 0 Å². The molecule has 2 aliphatic heterocycles. The lowest BCUT2D eigenvalue weighted by atomic mass is 9.62. The maximum Gasteiger partial charge on any atom is 0.338 e. The molecule has 6 rings (SSSR count). The molecule has 37 heavy (non-hydrogen) atoms. The molecule has 4 atom stereocenters. The van der Waals surface area contributed by atoms with Crippen molar-refractivity contribution < 1.29 is 38.0 Å². The molecule has 0 saturated carbocycles. The lowest BCUT2D eigenvalue weighted by molar-refractivity contribution is -0.115. The van der Waals surface area contributed by atoms with E-state index in [-0.39, 0.29) is 36.8 Å². The van der Waals surface area contributed by atoms with Crippen molar-refractivity contribution in [2.45, 2.75) is 31.8 Å². The molecule has 2 aromatic rings. The molecule has 0 bridgehead atoms. The maximum atomic E-state index is 13.3. The smallest absolute Gasteiger partial charge is 0.338 e. The molecule has 0 radical (unpaired) electrons. The van der Waals surface area contributed by atoms with Gasteiger partial charge in [-0.25, -0.2) is 4.79 Å². The van der Waals surface area contributed by atoms with E-state index in [2.05, 4.69) is 13.8 Å². The van der Waals surface area contributed by atoms with E-state index in [0.29, 0.717) is 35.0 Å². The maximum absolute atomic E-state index is 13.3. The second-order valence-corrected chi connectivity index (χ2v) is 9.93. The van der Waals surface area contributed by atoms with Crippen molar-refractivity contribution in [2.24, 2.45) is 11.8 Å².